The van der Waals surface area contributed by atoms with Crippen LogP contribution in [0.4, 0.5) is 5.69 Å². The van der Waals surface area contributed by atoms with Crippen molar-refractivity contribution in [3.8, 4) is 0 Å². The van der Waals surface area contributed by atoms with Crippen LogP contribution in [-0.4, -0.2) is 15.9 Å². The van der Waals surface area contributed by atoms with Gasteiger partial charge in [-0.1, -0.05) is 0 Å². The van der Waals surface area contributed by atoms with E-state index in [4.69, 9.17) is 16.6 Å². The molecule has 0 bridgehead atoms. The summed E-state index contributed by atoms with van der Waals surface area (Å²) in [5.74, 6) is 0.295. The molecule has 1 aromatic heterocycles. The maximum Gasteiger partial charge on any atom is 0.269 e. The van der Waals surface area contributed by atoms with Gasteiger partial charge in [0.15, 0.2) is 5.11 Å². The fraction of sp³-hybridized carbons (Fsp3) is 0.0667. The Morgan fingerprint density at radius 3 is 2.65 bits per heavy atom. The van der Waals surface area contributed by atoms with Crippen LogP contribution >= 0.6 is 12.2 Å². The Hall–Kier alpha value is -3.00. The molecule has 1 amide bonds. The van der Waals surface area contributed by atoms with E-state index in [0.29, 0.717) is 17.9 Å². The van der Waals surface area contributed by atoms with Crippen molar-refractivity contribution in [3.63, 3.8) is 0 Å². The highest BCUT2D eigenvalue weighted by atomic mass is 32.1. The van der Waals surface area contributed by atoms with Gasteiger partial charge >= 0.3 is 0 Å². The molecule has 2 rings (SSSR count). The number of nitrogens with zero attached hydrogens (tertiary/aromatic N) is 1. The van der Waals surface area contributed by atoms with Crippen molar-refractivity contribution in [1.29, 1.82) is 0 Å². The third-order valence-electron chi connectivity index (χ3n) is 2.77. The molecule has 0 radical (unpaired) electrons. The fourth-order valence-corrected chi connectivity index (χ4v) is 1.83. The number of hydrogen-bond donors (Lipinski definition) is 2. The Morgan fingerprint density at radius 1 is 1.30 bits per heavy atom. The smallest absolute Gasteiger partial charge is 0.269 e. The lowest BCUT2D eigenvalue weighted by Crippen LogP contribution is -2.37. The Labute approximate surface area is 137 Å². The number of carbonyl (C=O) groups is 1. The van der Waals surface area contributed by atoms with Gasteiger partial charge in [0, 0.05) is 18.2 Å². The first-order chi connectivity index (χ1) is 11.0. The molecule has 2 aromatic rings. The van der Waals surface area contributed by atoms with Crippen molar-refractivity contribution in [2.24, 2.45) is 0 Å². The van der Waals surface area contributed by atoms with E-state index >= 15 is 0 Å². The summed E-state index contributed by atoms with van der Waals surface area (Å²) in [7, 11) is 0. The second-order valence-corrected chi connectivity index (χ2v) is 4.84. The fourth-order valence-electron chi connectivity index (χ4n) is 1.66. The molecule has 0 aliphatic rings. The normalized spacial score (nSPS) is 10.4. The third kappa shape index (κ3) is 5.36. The van der Waals surface area contributed by atoms with Gasteiger partial charge in [0.1, 0.15) is 5.76 Å². The van der Waals surface area contributed by atoms with Gasteiger partial charge < -0.3 is 9.73 Å². The summed E-state index contributed by atoms with van der Waals surface area (Å²) in [6.45, 7) is 0.373. The van der Waals surface area contributed by atoms with Gasteiger partial charge in [-0.3, -0.25) is 20.2 Å². The van der Waals surface area contributed by atoms with Crippen LogP contribution in [0.3, 0.4) is 0 Å². The van der Waals surface area contributed by atoms with E-state index in [1.54, 1.807) is 30.5 Å². The van der Waals surface area contributed by atoms with Crippen LogP contribution in [0.15, 0.2) is 53.2 Å². The minimum absolute atomic E-state index is 0.00472. The maximum atomic E-state index is 11.7. The molecule has 1 heterocycles. The van der Waals surface area contributed by atoms with Gasteiger partial charge in [0.2, 0.25) is 5.91 Å². The zero-order chi connectivity index (χ0) is 16.7. The first kappa shape index (κ1) is 16.4. The molecule has 0 aliphatic carbocycles. The Balaban J connectivity index is 1.81. The van der Waals surface area contributed by atoms with Crippen LogP contribution < -0.4 is 10.6 Å². The Bertz CT molecular complexity index is 724. The summed E-state index contributed by atoms with van der Waals surface area (Å²) in [5, 5.41) is 16.0. The molecule has 2 N–H and O–H groups in total. The monoisotopic (exact) mass is 331 g/mol. The van der Waals surface area contributed by atoms with Crippen LogP contribution in [0.1, 0.15) is 11.3 Å². The van der Waals surface area contributed by atoms with Crippen LogP contribution in [0.5, 0.6) is 0 Å². The molecule has 0 fully saturated rings. The maximum absolute atomic E-state index is 11.7. The number of benzene rings is 1. The summed E-state index contributed by atoms with van der Waals surface area (Å²) >= 11 is 4.99. The first-order valence-electron chi connectivity index (χ1n) is 6.58. The minimum atomic E-state index is -0.483. The highest BCUT2D eigenvalue weighted by Gasteiger charge is 2.04. The highest BCUT2D eigenvalue weighted by molar-refractivity contribution is 7.80. The van der Waals surface area contributed by atoms with Crippen molar-refractivity contribution >= 4 is 35.0 Å². The highest BCUT2D eigenvalue weighted by Crippen LogP contribution is 2.12. The third-order valence-corrected chi connectivity index (χ3v) is 3.02. The number of hydrogen-bond acceptors (Lipinski definition) is 5. The molecule has 0 spiro atoms. The van der Waals surface area contributed by atoms with Gasteiger partial charge in [0.25, 0.3) is 5.69 Å². The zero-order valence-electron chi connectivity index (χ0n) is 11.9. The van der Waals surface area contributed by atoms with Crippen molar-refractivity contribution in [3.05, 3.63) is 70.2 Å². The van der Waals surface area contributed by atoms with Crippen molar-refractivity contribution < 1.29 is 14.1 Å². The number of carbonyl (C=O) groups excluding carboxylic acids is 1. The molecule has 23 heavy (non-hydrogen) atoms. The van der Waals surface area contributed by atoms with Crippen molar-refractivity contribution in [2.45, 2.75) is 6.54 Å². The van der Waals surface area contributed by atoms with E-state index in [2.05, 4.69) is 10.6 Å². The summed E-state index contributed by atoms with van der Waals surface area (Å²) < 4.78 is 5.12. The van der Waals surface area contributed by atoms with Gasteiger partial charge in [-0.15, -0.1) is 0 Å². The van der Waals surface area contributed by atoms with E-state index in [-0.39, 0.29) is 10.8 Å². The average molecular weight is 331 g/mol. The molecule has 0 unspecified atom stereocenters. The summed E-state index contributed by atoms with van der Waals surface area (Å²) in [6.07, 6.45) is 4.38. The number of furan rings is 1. The van der Waals surface area contributed by atoms with Gasteiger partial charge in [-0.2, -0.15) is 0 Å². The quantitative estimate of drug-likeness (QED) is 0.378. The molecule has 0 saturated carbocycles. The van der Waals surface area contributed by atoms with E-state index in [1.165, 1.54) is 24.3 Å². The molecule has 0 atom stereocenters. The standard InChI is InChI=1S/C15H13N3O4S/c19-14(17-15(23)16-10-13-2-1-9-22-13)8-5-11-3-6-12(7-4-11)18(20)21/h1-9H,10H2,(H2,16,17,19,23)/b8-5+. The van der Waals surface area contributed by atoms with Gasteiger partial charge in [-0.25, -0.2) is 0 Å². The first-order valence-corrected chi connectivity index (χ1v) is 6.99. The van der Waals surface area contributed by atoms with E-state index in [9.17, 15) is 14.9 Å². The van der Waals surface area contributed by atoms with E-state index < -0.39 is 10.8 Å². The largest absolute Gasteiger partial charge is 0.467 e. The summed E-state index contributed by atoms with van der Waals surface area (Å²) in [6, 6.07) is 9.38. The number of non-ortho nitro benzene ring substituents is 1. The number of nitro benzene ring substituents is 1. The molecule has 0 aliphatic heterocycles. The second-order valence-electron chi connectivity index (χ2n) is 4.43. The predicted molar refractivity (Wildman–Crippen MR) is 88.4 cm³/mol. The molecular formula is C15H13N3O4S. The summed E-state index contributed by atoms with van der Waals surface area (Å²) in [4.78, 5) is 21.8. The van der Waals surface area contributed by atoms with Crippen LogP contribution in [0, 0.1) is 10.1 Å². The van der Waals surface area contributed by atoms with Crippen LogP contribution in [-0.2, 0) is 11.3 Å². The molecule has 7 nitrogen and oxygen atoms in total. The number of nitro groups is 1. The lowest BCUT2D eigenvalue weighted by atomic mass is 10.2. The number of nitrogens with one attached hydrogen (secondary N) is 2. The Kier molecular flexibility index (Phi) is 5.59. The van der Waals surface area contributed by atoms with Crippen LogP contribution in [0.2, 0.25) is 0 Å². The topological polar surface area (TPSA) is 97.4 Å². The predicted octanol–water partition coefficient (Wildman–Crippen LogP) is 2.39. The average Bonchev–Trinajstić information content (AvgIpc) is 3.05. The van der Waals surface area contributed by atoms with E-state index in [1.807, 2.05) is 0 Å². The second kappa shape index (κ2) is 7.85. The number of amides is 1. The lowest BCUT2D eigenvalue weighted by molar-refractivity contribution is -0.384. The van der Waals surface area contributed by atoms with Crippen molar-refractivity contribution in [1.82, 2.24) is 10.6 Å². The van der Waals surface area contributed by atoms with E-state index in [0.717, 1.165) is 0 Å². The summed E-state index contributed by atoms with van der Waals surface area (Å²) in [5.41, 5.74) is 0.662. The zero-order valence-corrected chi connectivity index (χ0v) is 12.7. The number of rotatable bonds is 5. The van der Waals surface area contributed by atoms with Gasteiger partial charge in [0.05, 0.1) is 17.7 Å². The minimum Gasteiger partial charge on any atom is -0.467 e. The number of thiocarbonyl (C=S) groups is 1. The molecule has 0 saturated heterocycles. The molecule has 118 valence electrons. The van der Waals surface area contributed by atoms with Crippen LogP contribution in [0.25, 0.3) is 6.08 Å². The van der Waals surface area contributed by atoms with Crippen molar-refractivity contribution in [2.75, 3.05) is 0 Å². The molecular weight excluding hydrogens is 318 g/mol. The lowest BCUT2D eigenvalue weighted by Gasteiger charge is -2.06. The SMILES string of the molecule is O=C(/C=C/c1ccc([N+](=O)[O-])cc1)NC(=S)NCc1ccco1. The van der Waals surface area contributed by atoms with Gasteiger partial charge in [-0.05, 0) is 48.1 Å². The molecule has 8 heteroatoms. The molecule has 1 aromatic carbocycles. The Morgan fingerprint density at radius 2 is 2.04 bits per heavy atom.